The first-order valence-electron chi connectivity index (χ1n) is 10.9. The van der Waals surface area contributed by atoms with Crippen molar-refractivity contribution >= 4 is 28.1 Å². The first kappa shape index (κ1) is 20.4. The maximum Gasteiger partial charge on any atom is 0.254 e. The molecule has 1 aliphatic rings. The van der Waals surface area contributed by atoms with Gasteiger partial charge >= 0.3 is 0 Å². The van der Waals surface area contributed by atoms with Crippen molar-refractivity contribution in [3.8, 4) is 0 Å². The van der Waals surface area contributed by atoms with Crippen molar-refractivity contribution in [1.82, 2.24) is 24.3 Å². The van der Waals surface area contributed by atoms with Crippen molar-refractivity contribution in [3.05, 3.63) is 64.2 Å². The second kappa shape index (κ2) is 8.23. The first-order valence-corrected chi connectivity index (χ1v) is 10.9. The summed E-state index contributed by atoms with van der Waals surface area (Å²) in [6, 6.07) is 5.72. The van der Waals surface area contributed by atoms with E-state index in [0.29, 0.717) is 28.8 Å². The van der Waals surface area contributed by atoms with Crippen LogP contribution in [0.3, 0.4) is 0 Å². The Labute approximate surface area is 184 Å². The van der Waals surface area contributed by atoms with Crippen LogP contribution in [0, 0.1) is 5.82 Å². The van der Waals surface area contributed by atoms with Crippen molar-refractivity contribution < 1.29 is 4.39 Å². The lowest BCUT2D eigenvalue weighted by Crippen LogP contribution is -2.46. The Morgan fingerprint density at radius 1 is 1.16 bits per heavy atom. The van der Waals surface area contributed by atoms with E-state index in [0.717, 1.165) is 49.5 Å². The molecule has 0 spiro atoms. The predicted octanol–water partition coefficient (Wildman–Crippen LogP) is 2.64. The number of halogens is 1. The Balaban J connectivity index is 1.30. The largest absolute Gasteiger partial charge is 0.373 e. The summed E-state index contributed by atoms with van der Waals surface area (Å²) in [5.41, 5.74) is 3.63. The van der Waals surface area contributed by atoms with Crippen LogP contribution in [0.15, 0.2) is 41.7 Å². The number of benzene rings is 1. The average molecular weight is 436 g/mol. The molecule has 0 bridgehead atoms. The number of anilines is 2. The highest BCUT2D eigenvalue weighted by Crippen LogP contribution is 2.29. The smallest absolute Gasteiger partial charge is 0.254 e. The minimum Gasteiger partial charge on any atom is -0.373 e. The van der Waals surface area contributed by atoms with Crippen molar-refractivity contribution in [3.63, 3.8) is 0 Å². The van der Waals surface area contributed by atoms with Crippen LogP contribution >= 0.6 is 0 Å². The van der Waals surface area contributed by atoms with Crippen LogP contribution in [-0.2, 0) is 13.0 Å². The van der Waals surface area contributed by atoms with E-state index in [1.165, 1.54) is 6.33 Å². The molecule has 2 N–H and O–H groups in total. The van der Waals surface area contributed by atoms with E-state index in [9.17, 15) is 4.79 Å². The molecule has 0 radical (unpaired) electrons. The van der Waals surface area contributed by atoms with E-state index in [1.54, 1.807) is 7.05 Å². The molecule has 1 aromatic carbocycles. The third-order valence-electron chi connectivity index (χ3n) is 6.19. The fourth-order valence-electron chi connectivity index (χ4n) is 4.44. The zero-order chi connectivity index (χ0) is 22.2. The van der Waals surface area contributed by atoms with Crippen LogP contribution in [0.1, 0.15) is 18.1 Å². The molecule has 5 rings (SSSR count). The molecule has 0 atom stereocenters. The molecule has 9 heteroatoms. The molecular formula is C23H26FN7O. The number of rotatable bonds is 5. The zero-order valence-electron chi connectivity index (χ0n) is 18.2. The maximum atomic E-state index is 15.2. The standard InChI is InChI=1S/C23H26FN7O/c1-3-16-13-31-12-15(10-19(31)28-23(16)32)11-29-6-8-30(9-7-29)18-5-4-17-21(20(18)24)26-14-27-22(17)25-2/h4-5,10,12-14H,3,6-9,11H2,1-2H3,(H,28,32)(H,25,26,27). The lowest BCUT2D eigenvalue weighted by atomic mass is 10.1. The fraction of sp³-hybridized carbons (Fsp3) is 0.348. The lowest BCUT2D eigenvalue weighted by Gasteiger charge is -2.36. The SMILES string of the molecule is CCc1cn2cc(CN3CCN(c4ccc5c(NC)ncnc5c4F)CC3)cc2[nH]c1=O. The summed E-state index contributed by atoms with van der Waals surface area (Å²) < 4.78 is 17.2. The molecule has 32 heavy (non-hydrogen) atoms. The van der Waals surface area contributed by atoms with Gasteiger partial charge in [0.05, 0.1) is 5.69 Å². The molecule has 0 amide bonds. The highest BCUT2D eigenvalue weighted by atomic mass is 19.1. The molecule has 0 unspecified atom stereocenters. The van der Waals surface area contributed by atoms with Crippen LogP contribution in [0.5, 0.6) is 0 Å². The van der Waals surface area contributed by atoms with Crippen molar-refractivity contribution in [1.29, 1.82) is 0 Å². The fourth-order valence-corrected chi connectivity index (χ4v) is 4.44. The Bertz CT molecular complexity index is 1340. The van der Waals surface area contributed by atoms with Gasteiger partial charge in [0.25, 0.3) is 5.56 Å². The summed E-state index contributed by atoms with van der Waals surface area (Å²) in [6.07, 6.45) is 6.06. The average Bonchev–Trinajstić information content (AvgIpc) is 3.20. The molecule has 0 saturated carbocycles. The number of nitrogens with one attached hydrogen (secondary N) is 2. The van der Waals surface area contributed by atoms with E-state index < -0.39 is 0 Å². The third kappa shape index (κ3) is 3.58. The minimum atomic E-state index is -0.302. The van der Waals surface area contributed by atoms with Crippen molar-refractivity contribution in [2.24, 2.45) is 0 Å². The maximum absolute atomic E-state index is 15.2. The van der Waals surface area contributed by atoms with E-state index in [4.69, 9.17) is 0 Å². The second-order valence-electron chi connectivity index (χ2n) is 8.13. The molecule has 3 aromatic heterocycles. The molecule has 0 aliphatic carbocycles. The highest BCUT2D eigenvalue weighted by molar-refractivity contribution is 5.91. The van der Waals surface area contributed by atoms with Gasteiger partial charge in [-0.25, -0.2) is 14.4 Å². The Hall–Kier alpha value is -3.46. The number of H-pyrrole nitrogens is 1. The van der Waals surface area contributed by atoms with Gasteiger partial charge in [0.1, 0.15) is 23.3 Å². The number of nitrogens with zero attached hydrogens (tertiary/aromatic N) is 5. The number of hydrogen-bond acceptors (Lipinski definition) is 6. The van der Waals surface area contributed by atoms with E-state index in [2.05, 4.69) is 36.3 Å². The number of fused-ring (bicyclic) bond motifs is 2. The number of hydrogen-bond donors (Lipinski definition) is 2. The van der Waals surface area contributed by atoms with Gasteiger partial charge in [-0.2, -0.15) is 0 Å². The van der Waals surface area contributed by atoms with Gasteiger partial charge in [-0.3, -0.25) is 9.69 Å². The summed E-state index contributed by atoms with van der Waals surface area (Å²) in [7, 11) is 1.77. The molecule has 4 aromatic rings. The third-order valence-corrected chi connectivity index (χ3v) is 6.19. The number of aromatic amines is 1. The summed E-state index contributed by atoms with van der Waals surface area (Å²) in [5.74, 6) is 0.321. The molecular weight excluding hydrogens is 409 g/mol. The van der Waals surface area contributed by atoms with Gasteiger partial charge in [-0.05, 0) is 30.2 Å². The van der Waals surface area contributed by atoms with Gasteiger partial charge in [0, 0.05) is 63.1 Å². The predicted molar refractivity (Wildman–Crippen MR) is 124 cm³/mol. The summed E-state index contributed by atoms with van der Waals surface area (Å²) in [5, 5.41) is 3.67. The first-order chi connectivity index (χ1) is 15.6. The van der Waals surface area contributed by atoms with Gasteiger partial charge in [-0.1, -0.05) is 6.92 Å². The van der Waals surface area contributed by atoms with Gasteiger partial charge < -0.3 is 19.6 Å². The molecule has 166 valence electrons. The minimum absolute atomic E-state index is 0.0252. The quantitative estimate of drug-likeness (QED) is 0.502. The van der Waals surface area contributed by atoms with Crippen LogP contribution in [0.2, 0.25) is 0 Å². The molecule has 1 saturated heterocycles. The monoisotopic (exact) mass is 435 g/mol. The van der Waals surface area contributed by atoms with E-state index in [1.807, 2.05) is 35.7 Å². The number of piperazine rings is 1. The normalized spacial score (nSPS) is 15.0. The lowest BCUT2D eigenvalue weighted by molar-refractivity contribution is 0.249. The summed E-state index contributed by atoms with van der Waals surface area (Å²) >= 11 is 0. The zero-order valence-corrected chi connectivity index (χ0v) is 18.2. The van der Waals surface area contributed by atoms with Crippen LogP contribution < -0.4 is 15.8 Å². The van der Waals surface area contributed by atoms with Crippen molar-refractivity contribution in [2.45, 2.75) is 19.9 Å². The van der Waals surface area contributed by atoms with Crippen LogP contribution in [0.25, 0.3) is 16.6 Å². The highest BCUT2D eigenvalue weighted by Gasteiger charge is 2.22. The molecule has 4 heterocycles. The molecule has 8 nitrogen and oxygen atoms in total. The molecule has 1 fully saturated rings. The second-order valence-corrected chi connectivity index (χ2v) is 8.13. The number of aromatic nitrogens is 4. The number of aryl methyl sites for hydroxylation is 1. The van der Waals surface area contributed by atoms with Crippen LogP contribution in [-0.4, -0.2) is 57.5 Å². The van der Waals surface area contributed by atoms with Gasteiger partial charge in [-0.15, -0.1) is 0 Å². The Morgan fingerprint density at radius 2 is 1.97 bits per heavy atom. The topological polar surface area (TPSA) is 81.6 Å². The Morgan fingerprint density at radius 3 is 2.72 bits per heavy atom. The van der Waals surface area contributed by atoms with E-state index >= 15 is 4.39 Å². The Kier molecular flexibility index (Phi) is 5.26. The molecule has 1 aliphatic heterocycles. The van der Waals surface area contributed by atoms with Gasteiger partial charge in [0.15, 0.2) is 5.82 Å². The van der Waals surface area contributed by atoms with E-state index in [-0.39, 0.29) is 11.4 Å². The summed E-state index contributed by atoms with van der Waals surface area (Å²) in [4.78, 5) is 27.8. The van der Waals surface area contributed by atoms with Gasteiger partial charge in [0.2, 0.25) is 0 Å². The summed E-state index contributed by atoms with van der Waals surface area (Å²) in [6.45, 7) is 5.88. The van der Waals surface area contributed by atoms with Crippen LogP contribution in [0.4, 0.5) is 15.9 Å². The van der Waals surface area contributed by atoms with Crippen molar-refractivity contribution in [2.75, 3.05) is 43.4 Å².